The lowest BCUT2D eigenvalue weighted by Crippen LogP contribution is -2.46. The van der Waals surface area contributed by atoms with Gasteiger partial charge in [0.25, 0.3) is 0 Å². The van der Waals surface area contributed by atoms with Gasteiger partial charge in [0.05, 0.1) is 0 Å². The molecule has 2 aliphatic heterocycles. The predicted molar refractivity (Wildman–Crippen MR) is 81.3 cm³/mol. The van der Waals surface area contributed by atoms with Gasteiger partial charge in [0, 0.05) is 42.6 Å². The summed E-state index contributed by atoms with van der Waals surface area (Å²) in [5, 5.41) is 1.14. The summed E-state index contributed by atoms with van der Waals surface area (Å²) in [6.07, 6.45) is 6.13. The molecule has 5 nitrogen and oxygen atoms in total. The summed E-state index contributed by atoms with van der Waals surface area (Å²) in [6, 6.07) is 1.11. The maximum atomic E-state index is 6.00. The number of piperidine rings is 1. The number of aromatic nitrogens is 2. The molecule has 1 aromatic heterocycles. The topological polar surface area (TPSA) is 58.3 Å². The van der Waals surface area contributed by atoms with Gasteiger partial charge in [-0.25, -0.2) is 4.98 Å². The lowest BCUT2D eigenvalue weighted by molar-refractivity contribution is 0.163. The molecule has 3 heterocycles. The molecule has 0 aromatic carbocycles. The van der Waals surface area contributed by atoms with Crippen molar-refractivity contribution in [3.63, 3.8) is 0 Å². The second-order valence-electron chi connectivity index (χ2n) is 6.47. The van der Waals surface area contributed by atoms with Gasteiger partial charge >= 0.3 is 0 Å². The van der Waals surface area contributed by atoms with Gasteiger partial charge in [-0.3, -0.25) is 4.90 Å². The molecule has 0 spiro atoms. The van der Waals surface area contributed by atoms with E-state index in [0.717, 1.165) is 36.9 Å². The molecule has 1 saturated carbocycles. The van der Waals surface area contributed by atoms with Crippen LogP contribution in [0.4, 0.5) is 5.13 Å². The van der Waals surface area contributed by atoms with E-state index in [2.05, 4.69) is 14.2 Å². The summed E-state index contributed by atoms with van der Waals surface area (Å²) in [5.74, 6) is 1.76. The molecule has 1 aliphatic carbocycles. The van der Waals surface area contributed by atoms with Crippen LogP contribution < -0.4 is 10.6 Å². The number of hydrogen-bond acceptors (Lipinski definition) is 6. The lowest BCUT2D eigenvalue weighted by Gasteiger charge is -2.34. The van der Waals surface area contributed by atoms with E-state index in [0.29, 0.717) is 18.0 Å². The third-order valence-corrected chi connectivity index (χ3v) is 5.69. The fraction of sp³-hybridized carbons (Fsp3) is 0.857. The zero-order chi connectivity index (χ0) is 13.5. The normalized spacial score (nSPS) is 29.2. The molecule has 1 atom stereocenters. The maximum Gasteiger partial charge on any atom is 0.205 e. The second kappa shape index (κ2) is 5.24. The number of rotatable bonds is 3. The van der Waals surface area contributed by atoms with Gasteiger partial charge in [0.15, 0.2) is 0 Å². The lowest BCUT2D eigenvalue weighted by atomic mass is 10.0. The van der Waals surface area contributed by atoms with Crippen LogP contribution in [-0.4, -0.2) is 52.5 Å². The van der Waals surface area contributed by atoms with Gasteiger partial charge in [-0.1, -0.05) is 0 Å². The van der Waals surface area contributed by atoms with Crippen LogP contribution in [-0.2, 0) is 0 Å². The van der Waals surface area contributed by atoms with Crippen molar-refractivity contribution in [1.82, 2.24) is 14.3 Å². The van der Waals surface area contributed by atoms with Crippen molar-refractivity contribution >= 4 is 16.7 Å². The minimum Gasteiger partial charge on any atom is -0.345 e. The zero-order valence-electron chi connectivity index (χ0n) is 11.9. The highest BCUT2D eigenvalue weighted by molar-refractivity contribution is 7.09. The Kier molecular flexibility index (Phi) is 3.40. The largest absolute Gasteiger partial charge is 0.345 e. The first-order valence-corrected chi connectivity index (χ1v) is 8.65. The molecule has 3 fully saturated rings. The van der Waals surface area contributed by atoms with Crippen molar-refractivity contribution in [2.45, 2.75) is 50.1 Å². The van der Waals surface area contributed by atoms with E-state index in [-0.39, 0.29) is 0 Å². The summed E-state index contributed by atoms with van der Waals surface area (Å²) in [7, 11) is 0. The van der Waals surface area contributed by atoms with Gasteiger partial charge in [0.2, 0.25) is 5.13 Å². The maximum absolute atomic E-state index is 6.00. The molecule has 110 valence electrons. The molecule has 0 bridgehead atoms. The van der Waals surface area contributed by atoms with Crippen molar-refractivity contribution in [2.75, 3.05) is 31.1 Å². The van der Waals surface area contributed by atoms with Gasteiger partial charge in [-0.15, -0.1) is 0 Å². The average molecular weight is 293 g/mol. The zero-order valence-corrected chi connectivity index (χ0v) is 12.7. The number of nitrogens with two attached hydrogens (primary N) is 1. The van der Waals surface area contributed by atoms with E-state index in [1.807, 2.05) is 0 Å². The van der Waals surface area contributed by atoms with Crippen molar-refractivity contribution in [3.8, 4) is 0 Å². The Morgan fingerprint density at radius 2 is 1.85 bits per heavy atom. The van der Waals surface area contributed by atoms with Gasteiger partial charge < -0.3 is 10.6 Å². The molecule has 2 N–H and O–H groups in total. The average Bonchev–Trinajstić information content (AvgIpc) is 3.01. The summed E-state index contributed by atoms with van der Waals surface area (Å²) in [6.45, 7) is 4.59. The third kappa shape index (κ3) is 2.56. The standard InChI is InChI=1S/C14H23N5S/c15-11-3-6-18(7-4-11)12-5-8-19(9-12)14-16-13(17-20-14)10-1-2-10/h10-12H,1-9,15H2. The number of nitrogens with zero attached hydrogens (tertiary/aromatic N) is 4. The van der Waals surface area contributed by atoms with Crippen LogP contribution >= 0.6 is 11.5 Å². The van der Waals surface area contributed by atoms with Gasteiger partial charge in [-0.2, -0.15) is 4.37 Å². The summed E-state index contributed by atoms with van der Waals surface area (Å²) < 4.78 is 4.53. The van der Waals surface area contributed by atoms with E-state index in [1.54, 1.807) is 11.5 Å². The monoisotopic (exact) mass is 293 g/mol. The van der Waals surface area contributed by atoms with Crippen LogP contribution in [0.15, 0.2) is 0 Å². The highest BCUT2D eigenvalue weighted by Crippen LogP contribution is 2.40. The summed E-state index contributed by atoms with van der Waals surface area (Å²) in [5.41, 5.74) is 6.00. The number of likely N-dealkylation sites (tertiary alicyclic amines) is 1. The number of hydrogen-bond donors (Lipinski definition) is 1. The Labute approximate surface area is 124 Å². The van der Waals surface area contributed by atoms with Crippen molar-refractivity contribution in [1.29, 1.82) is 0 Å². The molecular formula is C14H23N5S. The van der Waals surface area contributed by atoms with Crippen LogP contribution in [0.25, 0.3) is 0 Å². The van der Waals surface area contributed by atoms with E-state index < -0.39 is 0 Å². The Morgan fingerprint density at radius 1 is 1.05 bits per heavy atom. The number of anilines is 1. The van der Waals surface area contributed by atoms with Crippen LogP contribution in [0.1, 0.15) is 43.8 Å². The third-order valence-electron chi connectivity index (χ3n) is 4.90. The second-order valence-corrected chi connectivity index (χ2v) is 7.20. The first-order chi connectivity index (χ1) is 9.79. The first kappa shape index (κ1) is 13.0. The van der Waals surface area contributed by atoms with Crippen molar-refractivity contribution in [2.24, 2.45) is 5.73 Å². The van der Waals surface area contributed by atoms with Crippen LogP contribution in [0.3, 0.4) is 0 Å². The SMILES string of the molecule is NC1CCN(C2CCN(c3nc(C4CC4)ns3)C2)CC1. The molecule has 0 amide bonds. The molecule has 20 heavy (non-hydrogen) atoms. The van der Waals surface area contributed by atoms with Gasteiger partial charge in [0.1, 0.15) is 5.82 Å². The Bertz CT molecular complexity index is 464. The molecule has 6 heteroatoms. The first-order valence-electron chi connectivity index (χ1n) is 7.88. The highest BCUT2D eigenvalue weighted by Gasteiger charge is 2.33. The Hall–Kier alpha value is -0.720. The Balaban J connectivity index is 1.37. The fourth-order valence-electron chi connectivity index (χ4n) is 3.36. The summed E-state index contributed by atoms with van der Waals surface area (Å²) in [4.78, 5) is 9.81. The summed E-state index contributed by atoms with van der Waals surface area (Å²) >= 11 is 1.59. The Morgan fingerprint density at radius 3 is 2.60 bits per heavy atom. The molecule has 3 aliphatic rings. The van der Waals surface area contributed by atoms with Crippen LogP contribution in [0.5, 0.6) is 0 Å². The highest BCUT2D eigenvalue weighted by atomic mass is 32.1. The minimum atomic E-state index is 0.424. The van der Waals surface area contributed by atoms with E-state index in [9.17, 15) is 0 Å². The minimum absolute atomic E-state index is 0.424. The molecule has 2 saturated heterocycles. The fourth-order valence-corrected chi connectivity index (χ4v) is 4.14. The van der Waals surface area contributed by atoms with Crippen molar-refractivity contribution in [3.05, 3.63) is 5.82 Å². The molecular weight excluding hydrogens is 270 g/mol. The van der Waals surface area contributed by atoms with Gasteiger partial charge in [-0.05, 0) is 45.2 Å². The van der Waals surface area contributed by atoms with E-state index >= 15 is 0 Å². The molecule has 1 aromatic rings. The van der Waals surface area contributed by atoms with E-state index in [4.69, 9.17) is 10.7 Å². The predicted octanol–water partition coefficient (Wildman–Crippen LogP) is 1.42. The van der Waals surface area contributed by atoms with Crippen LogP contribution in [0.2, 0.25) is 0 Å². The molecule has 1 unspecified atom stereocenters. The molecule has 0 radical (unpaired) electrons. The quantitative estimate of drug-likeness (QED) is 0.913. The molecule has 4 rings (SSSR count). The smallest absolute Gasteiger partial charge is 0.205 e. The van der Waals surface area contributed by atoms with Crippen LogP contribution in [0, 0.1) is 0 Å². The van der Waals surface area contributed by atoms with E-state index in [1.165, 1.54) is 32.4 Å². The van der Waals surface area contributed by atoms with Crippen molar-refractivity contribution < 1.29 is 0 Å².